The zero-order chi connectivity index (χ0) is 13.9. The number of para-hydroxylation sites is 1. The largest absolute Gasteiger partial charge is 0.490 e. The summed E-state index contributed by atoms with van der Waals surface area (Å²) in [6.45, 7) is 0.967. The highest BCUT2D eigenvalue weighted by Gasteiger charge is 2.23. The molecule has 5 nitrogen and oxygen atoms in total. The van der Waals surface area contributed by atoms with Crippen molar-refractivity contribution in [3.05, 3.63) is 48.5 Å². The lowest BCUT2D eigenvalue weighted by Gasteiger charge is -2.29. The number of nitrogens with two attached hydrogens (primary N) is 1. The van der Waals surface area contributed by atoms with E-state index in [0.29, 0.717) is 30.3 Å². The van der Waals surface area contributed by atoms with Crippen LogP contribution >= 0.6 is 0 Å². The number of anilines is 3. The Morgan fingerprint density at radius 2 is 2.00 bits per heavy atom. The van der Waals surface area contributed by atoms with E-state index in [2.05, 4.69) is 5.32 Å². The smallest absolute Gasteiger partial charge is 0.326 e. The van der Waals surface area contributed by atoms with Gasteiger partial charge in [-0.2, -0.15) is 0 Å². The van der Waals surface area contributed by atoms with Gasteiger partial charge in [0.05, 0.1) is 12.2 Å². The SMILES string of the molecule is Nc1ccc2c(c1)N(C(=O)Nc1ccccc1)CCO2. The number of ether oxygens (including phenoxy) is 1. The van der Waals surface area contributed by atoms with E-state index in [1.165, 1.54) is 0 Å². The lowest BCUT2D eigenvalue weighted by atomic mass is 10.2. The van der Waals surface area contributed by atoms with Crippen molar-refractivity contribution in [3.63, 3.8) is 0 Å². The van der Waals surface area contributed by atoms with Crippen molar-refractivity contribution in [2.75, 3.05) is 29.1 Å². The maximum atomic E-state index is 12.4. The van der Waals surface area contributed by atoms with Crippen LogP contribution in [0.15, 0.2) is 48.5 Å². The summed E-state index contributed by atoms with van der Waals surface area (Å²) in [5.41, 5.74) is 7.84. The number of hydrogen-bond donors (Lipinski definition) is 2. The molecule has 0 spiro atoms. The first-order chi connectivity index (χ1) is 9.74. The molecule has 0 aromatic heterocycles. The average Bonchev–Trinajstić information content (AvgIpc) is 2.47. The fraction of sp³-hybridized carbons (Fsp3) is 0.133. The van der Waals surface area contributed by atoms with Crippen LogP contribution in [-0.2, 0) is 0 Å². The Labute approximate surface area is 117 Å². The van der Waals surface area contributed by atoms with Crippen molar-refractivity contribution in [2.24, 2.45) is 0 Å². The number of nitrogens with one attached hydrogen (secondary N) is 1. The number of hydrogen-bond acceptors (Lipinski definition) is 3. The predicted molar refractivity (Wildman–Crippen MR) is 79.2 cm³/mol. The van der Waals surface area contributed by atoms with Crippen LogP contribution in [0.25, 0.3) is 0 Å². The van der Waals surface area contributed by atoms with E-state index >= 15 is 0 Å². The number of urea groups is 1. The molecule has 0 bridgehead atoms. The Morgan fingerprint density at radius 1 is 1.20 bits per heavy atom. The van der Waals surface area contributed by atoms with Crippen LogP contribution in [0.2, 0.25) is 0 Å². The zero-order valence-corrected chi connectivity index (χ0v) is 10.9. The van der Waals surface area contributed by atoms with E-state index in [0.717, 1.165) is 5.69 Å². The van der Waals surface area contributed by atoms with Crippen molar-refractivity contribution in [1.29, 1.82) is 0 Å². The molecule has 0 saturated heterocycles. The van der Waals surface area contributed by atoms with Gasteiger partial charge in [-0.05, 0) is 30.3 Å². The molecule has 2 aromatic carbocycles. The number of carbonyl (C=O) groups excluding carboxylic acids is 1. The lowest BCUT2D eigenvalue weighted by Crippen LogP contribution is -2.40. The Morgan fingerprint density at radius 3 is 2.80 bits per heavy atom. The number of carbonyl (C=O) groups is 1. The second-order valence-electron chi connectivity index (χ2n) is 4.52. The normalized spacial score (nSPS) is 13.3. The molecule has 1 aliphatic heterocycles. The van der Waals surface area contributed by atoms with Crippen molar-refractivity contribution in [1.82, 2.24) is 0 Å². The van der Waals surface area contributed by atoms with E-state index in [-0.39, 0.29) is 6.03 Å². The maximum Gasteiger partial charge on any atom is 0.326 e. The highest BCUT2D eigenvalue weighted by Crippen LogP contribution is 2.33. The summed E-state index contributed by atoms with van der Waals surface area (Å²) in [6, 6.07) is 14.5. The second-order valence-corrected chi connectivity index (χ2v) is 4.52. The molecule has 3 rings (SSSR count). The minimum absolute atomic E-state index is 0.189. The number of nitrogens with zero attached hydrogens (tertiary/aromatic N) is 1. The lowest BCUT2D eigenvalue weighted by molar-refractivity contribution is 0.250. The van der Waals surface area contributed by atoms with Crippen molar-refractivity contribution in [3.8, 4) is 5.75 Å². The fourth-order valence-corrected chi connectivity index (χ4v) is 2.16. The van der Waals surface area contributed by atoms with E-state index in [1.54, 1.807) is 23.1 Å². The minimum Gasteiger partial charge on any atom is -0.490 e. The van der Waals surface area contributed by atoms with Crippen molar-refractivity contribution < 1.29 is 9.53 Å². The highest BCUT2D eigenvalue weighted by molar-refractivity contribution is 6.03. The molecule has 0 fully saturated rings. The third-order valence-electron chi connectivity index (χ3n) is 3.12. The summed E-state index contributed by atoms with van der Waals surface area (Å²) >= 11 is 0. The van der Waals surface area contributed by atoms with Gasteiger partial charge in [-0.1, -0.05) is 18.2 Å². The number of amides is 2. The summed E-state index contributed by atoms with van der Waals surface area (Å²) in [7, 11) is 0. The monoisotopic (exact) mass is 269 g/mol. The van der Waals surface area contributed by atoms with Crippen LogP contribution in [-0.4, -0.2) is 19.2 Å². The van der Waals surface area contributed by atoms with Crippen LogP contribution in [0, 0.1) is 0 Å². The number of fused-ring (bicyclic) bond motifs is 1. The molecule has 1 aliphatic rings. The molecule has 2 aromatic rings. The molecule has 3 N–H and O–H groups in total. The Bertz CT molecular complexity index is 628. The summed E-state index contributed by atoms with van der Waals surface area (Å²) in [4.78, 5) is 14.0. The van der Waals surface area contributed by atoms with Crippen LogP contribution in [0.5, 0.6) is 5.75 Å². The molecule has 0 unspecified atom stereocenters. The molecule has 0 atom stereocenters. The molecule has 0 aliphatic carbocycles. The quantitative estimate of drug-likeness (QED) is 0.782. The van der Waals surface area contributed by atoms with Gasteiger partial charge in [0.2, 0.25) is 0 Å². The summed E-state index contributed by atoms with van der Waals surface area (Å²) in [6.07, 6.45) is 0. The van der Waals surface area contributed by atoms with Crippen LogP contribution in [0.3, 0.4) is 0 Å². The van der Waals surface area contributed by atoms with Gasteiger partial charge in [0, 0.05) is 11.4 Å². The van der Waals surface area contributed by atoms with Gasteiger partial charge in [-0.15, -0.1) is 0 Å². The third-order valence-corrected chi connectivity index (χ3v) is 3.12. The van der Waals surface area contributed by atoms with Gasteiger partial charge in [-0.3, -0.25) is 4.90 Å². The van der Waals surface area contributed by atoms with Gasteiger partial charge < -0.3 is 15.8 Å². The van der Waals surface area contributed by atoms with Gasteiger partial charge in [-0.25, -0.2) is 4.79 Å². The molecule has 1 heterocycles. The second kappa shape index (κ2) is 5.13. The van der Waals surface area contributed by atoms with Crippen LogP contribution in [0.1, 0.15) is 0 Å². The summed E-state index contributed by atoms with van der Waals surface area (Å²) < 4.78 is 5.53. The third kappa shape index (κ3) is 2.38. The Balaban J connectivity index is 1.85. The highest BCUT2D eigenvalue weighted by atomic mass is 16.5. The number of nitrogen functional groups attached to an aromatic ring is 1. The van der Waals surface area contributed by atoms with Gasteiger partial charge in [0.1, 0.15) is 12.4 Å². The summed E-state index contributed by atoms with van der Waals surface area (Å²) in [5, 5.41) is 2.86. The van der Waals surface area contributed by atoms with Crippen LogP contribution in [0.4, 0.5) is 21.9 Å². The van der Waals surface area contributed by atoms with Gasteiger partial charge >= 0.3 is 6.03 Å². The molecule has 0 saturated carbocycles. The molecular weight excluding hydrogens is 254 g/mol. The Hall–Kier alpha value is -2.69. The fourth-order valence-electron chi connectivity index (χ4n) is 2.16. The van der Waals surface area contributed by atoms with E-state index in [4.69, 9.17) is 10.5 Å². The van der Waals surface area contributed by atoms with Gasteiger partial charge in [0.25, 0.3) is 0 Å². The minimum atomic E-state index is -0.189. The van der Waals surface area contributed by atoms with E-state index in [1.807, 2.05) is 30.3 Å². The zero-order valence-electron chi connectivity index (χ0n) is 10.9. The van der Waals surface area contributed by atoms with E-state index < -0.39 is 0 Å². The van der Waals surface area contributed by atoms with Crippen molar-refractivity contribution in [2.45, 2.75) is 0 Å². The van der Waals surface area contributed by atoms with E-state index in [9.17, 15) is 4.79 Å². The van der Waals surface area contributed by atoms with Crippen LogP contribution < -0.4 is 20.7 Å². The molecule has 102 valence electrons. The maximum absolute atomic E-state index is 12.4. The molecule has 20 heavy (non-hydrogen) atoms. The molecule has 5 heteroatoms. The van der Waals surface area contributed by atoms with Gasteiger partial charge in [0.15, 0.2) is 0 Å². The topological polar surface area (TPSA) is 67.6 Å². The number of benzene rings is 2. The molecule has 0 radical (unpaired) electrons. The first-order valence-corrected chi connectivity index (χ1v) is 6.40. The predicted octanol–water partition coefficient (Wildman–Crippen LogP) is 2.70. The summed E-state index contributed by atoms with van der Waals surface area (Å²) in [5.74, 6) is 0.675. The first kappa shape index (κ1) is 12.3. The average molecular weight is 269 g/mol. The number of rotatable bonds is 1. The Kier molecular flexibility index (Phi) is 3.16. The molecule has 2 amide bonds. The standard InChI is InChI=1S/C15H15N3O2/c16-11-6-7-14-13(10-11)18(8-9-20-14)15(19)17-12-4-2-1-3-5-12/h1-7,10H,8-9,16H2,(H,17,19). The van der Waals surface area contributed by atoms with Crippen molar-refractivity contribution >= 4 is 23.1 Å². The molecular formula is C15H15N3O2. The first-order valence-electron chi connectivity index (χ1n) is 6.40.